The fourth-order valence-corrected chi connectivity index (χ4v) is 2.67. The van der Waals surface area contributed by atoms with Crippen LogP contribution < -0.4 is 15.2 Å². The number of carbonyl (C=O) groups is 4. The molecule has 0 fully saturated rings. The molecule has 0 saturated carbocycles. The van der Waals surface area contributed by atoms with Crippen molar-refractivity contribution in [3.63, 3.8) is 0 Å². The van der Waals surface area contributed by atoms with Crippen LogP contribution in [0.5, 0.6) is 11.5 Å². The third kappa shape index (κ3) is 7.04. The number of carbonyl (C=O) groups excluding carboxylic acids is 4. The van der Waals surface area contributed by atoms with Gasteiger partial charge in [0.2, 0.25) is 5.91 Å². The minimum atomic E-state index is -1.60. The van der Waals surface area contributed by atoms with Gasteiger partial charge in [0.05, 0.1) is 6.61 Å². The molecule has 0 aliphatic carbocycles. The number of hydrogen-bond acceptors (Lipinski definition) is 9. The predicted octanol–water partition coefficient (Wildman–Crippen LogP) is 0.411. The second-order valence-corrected chi connectivity index (χ2v) is 7.78. The topological polar surface area (TPSA) is 162 Å². The van der Waals surface area contributed by atoms with E-state index in [1.165, 1.54) is 56.3 Å². The highest BCUT2D eigenvalue weighted by atomic mass is 16.5. The minimum absolute atomic E-state index is 0.0787. The monoisotopic (exact) mass is 458 g/mol. The van der Waals surface area contributed by atoms with Crippen LogP contribution in [-0.4, -0.2) is 53.3 Å². The highest BCUT2D eigenvalue weighted by molar-refractivity contribution is 5.97. The SMILES string of the molecule is CC(C)(COC(=O)c1ccccc1OC(=O)c1ccccc1O)C(O)C(=O)NCCC(=O)[O-]. The van der Waals surface area contributed by atoms with Gasteiger partial charge in [-0.15, -0.1) is 0 Å². The average Bonchev–Trinajstić information content (AvgIpc) is 2.77. The van der Waals surface area contributed by atoms with Gasteiger partial charge >= 0.3 is 11.9 Å². The molecule has 0 aliphatic rings. The van der Waals surface area contributed by atoms with Crippen molar-refractivity contribution in [3.05, 3.63) is 59.7 Å². The molecule has 0 aliphatic heterocycles. The Kier molecular flexibility index (Phi) is 8.52. The number of phenols is 1. The summed E-state index contributed by atoms with van der Waals surface area (Å²) in [5, 5.41) is 32.8. The Balaban J connectivity index is 2.04. The molecule has 1 atom stereocenters. The van der Waals surface area contributed by atoms with Crippen LogP contribution in [0.1, 0.15) is 41.0 Å². The number of nitrogens with one attached hydrogen (secondary N) is 1. The number of aliphatic hydroxyl groups is 1. The first kappa shape index (κ1) is 25.3. The minimum Gasteiger partial charge on any atom is -0.550 e. The number of carboxylic acid groups (broad SMARTS) is 1. The Labute approximate surface area is 189 Å². The summed E-state index contributed by atoms with van der Waals surface area (Å²) in [5.41, 5.74) is -1.39. The third-order valence-electron chi connectivity index (χ3n) is 4.63. The van der Waals surface area contributed by atoms with Crippen molar-refractivity contribution in [2.24, 2.45) is 5.41 Å². The molecule has 1 amide bonds. The van der Waals surface area contributed by atoms with E-state index in [-0.39, 0.29) is 35.8 Å². The lowest BCUT2D eigenvalue weighted by molar-refractivity contribution is -0.305. The van der Waals surface area contributed by atoms with Gasteiger partial charge in [-0.2, -0.15) is 0 Å². The van der Waals surface area contributed by atoms with E-state index in [0.29, 0.717) is 0 Å². The average molecular weight is 458 g/mol. The molecular formula is C23H24NO9-. The van der Waals surface area contributed by atoms with Crippen LogP contribution in [0.3, 0.4) is 0 Å². The number of benzene rings is 2. The fraction of sp³-hybridized carbons (Fsp3) is 0.304. The molecule has 10 heteroatoms. The first-order valence-corrected chi connectivity index (χ1v) is 9.95. The molecule has 0 spiro atoms. The Hall–Kier alpha value is -3.92. The highest BCUT2D eigenvalue weighted by Crippen LogP contribution is 2.26. The first-order chi connectivity index (χ1) is 15.5. The maximum absolute atomic E-state index is 12.6. The normalized spacial score (nSPS) is 11.8. The fourth-order valence-electron chi connectivity index (χ4n) is 2.67. The van der Waals surface area contributed by atoms with Gasteiger partial charge < -0.3 is 34.9 Å². The lowest BCUT2D eigenvalue weighted by atomic mass is 9.87. The molecule has 1 unspecified atom stereocenters. The van der Waals surface area contributed by atoms with Crippen molar-refractivity contribution in [2.45, 2.75) is 26.4 Å². The molecule has 10 nitrogen and oxygen atoms in total. The maximum Gasteiger partial charge on any atom is 0.347 e. The van der Waals surface area contributed by atoms with E-state index in [2.05, 4.69) is 5.32 Å². The summed E-state index contributed by atoms with van der Waals surface area (Å²) in [5.74, 6) is -4.30. The summed E-state index contributed by atoms with van der Waals surface area (Å²) < 4.78 is 10.5. The molecule has 2 aromatic rings. The summed E-state index contributed by atoms with van der Waals surface area (Å²) in [4.78, 5) is 47.4. The number of para-hydroxylation sites is 2. The van der Waals surface area contributed by atoms with Crippen LogP contribution in [0.25, 0.3) is 0 Å². The highest BCUT2D eigenvalue weighted by Gasteiger charge is 2.35. The standard InChI is InChI=1S/C23H25NO9/c1-23(2,19(28)20(29)24-12-11-18(26)27)13-32-21(30)15-8-4-6-10-17(15)33-22(31)14-7-3-5-9-16(14)25/h3-10,19,25,28H,11-13H2,1-2H3,(H,24,29)(H,26,27)/p-1. The van der Waals surface area contributed by atoms with E-state index < -0.39 is 41.8 Å². The number of phenolic OH excluding ortho intramolecular Hbond substituents is 1. The summed E-state index contributed by atoms with van der Waals surface area (Å²) in [6, 6.07) is 11.6. The molecule has 176 valence electrons. The van der Waals surface area contributed by atoms with Crippen molar-refractivity contribution >= 4 is 23.8 Å². The Bertz CT molecular complexity index is 1030. The summed E-state index contributed by atoms with van der Waals surface area (Å²) in [6.45, 7) is 2.37. The number of hydrogen-bond donors (Lipinski definition) is 3. The van der Waals surface area contributed by atoms with Crippen LogP contribution in [0.4, 0.5) is 0 Å². The zero-order chi connectivity index (χ0) is 24.6. The number of aliphatic carboxylic acids is 1. The zero-order valence-electron chi connectivity index (χ0n) is 18.1. The zero-order valence-corrected chi connectivity index (χ0v) is 18.1. The van der Waals surface area contributed by atoms with E-state index in [0.717, 1.165) is 0 Å². The van der Waals surface area contributed by atoms with Gasteiger partial charge in [0, 0.05) is 24.3 Å². The second kappa shape index (κ2) is 11.1. The van der Waals surface area contributed by atoms with Crippen molar-refractivity contribution in [1.29, 1.82) is 0 Å². The summed E-state index contributed by atoms with van der Waals surface area (Å²) >= 11 is 0. The van der Waals surface area contributed by atoms with Gasteiger partial charge in [0.25, 0.3) is 0 Å². The van der Waals surface area contributed by atoms with Crippen LogP contribution in [0.2, 0.25) is 0 Å². The smallest absolute Gasteiger partial charge is 0.347 e. The van der Waals surface area contributed by atoms with Crippen molar-refractivity contribution < 1.29 is 44.0 Å². The van der Waals surface area contributed by atoms with Crippen molar-refractivity contribution in [2.75, 3.05) is 13.2 Å². The number of esters is 2. The van der Waals surface area contributed by atoms with E-state index in [1.54, 1.807) is 6.07 Å². The van der Waals surface area contributed by atoms with E-state index >= 15 is 0 Å². The number of aromatic hydroxyl groups is 1. The van der Waals surface area contributed by atoms with Crippen LogP contribution in [0, 0.1) is 5.41 Å². The van der Waals surface area contributed by atoms with Gasteiger partial charge in [-0.1, -0.05) is 38.1 Å². The lowest BCUT2D eigenvalue weighted by Crippen LogP contribution is -2.47. The van der Waals surface area contributed by atoms with Crippen molar-refractivity contribution in [3.8, 4) is 11.5 Å². The quantitative estimate of drug-likeness (QED) is 0.338. The lowest BCUT2D eigenvalue weighted by Gasteiger charge is -2.29. The molecule has 0 bridgehead atoms. The van der Waals surface area contributed by atoms with E-state index in [1.807, 2.05) is 0 Å². The number of amides is 1. The Morgan fingerprint density at radius 1 is 1.00 bits per heavy atom. The Morgan fingerprint density at radius 3 is 2.24 bits per heavy atom. The first-order valence-electron chi connectivity index (χ1n) is 9.95. The molecule has 0 aromatic heterocycles. The van der Waals surface area contributed by atoms with Crippen LogP contribution >= 0.6 is 0 Å². The molecule has 0 saturated heterocycles. The van der Waals surface area contributed by atoms with Gasteiger partial charge in [0.15, 0.2) is 0 Å². The van der Waals surface area contributed by atoms with Crippen molar-refractivity contribution in [1.82, 2.24) is 5.32 Å². The molecular weight excluding hydrogens is 434 g/mol. The Morgan fingerprint density at radius 2 is 1.61 bits per heavy atom. The van der Waals surface area contributed by atoms with E-state index in [4.69, 9.17) is 9.47 Å². The third-order valence-corrected chi connectivity index (χ3v) is 4.63. The second-order valence-electron chi connectivity index (χ2n) is 7.78. The van der Waals surface area contributed by atoms with Gasteiger partial charge in [0.1, 0.15) is 28.7 Å². The van der Waals surface area contributed by atoms with Crippen LogP contribution in [-0.2, 0) is 14.3 Å². The largest absolute Gasteiger partial charge is 0.550 e. The number of ether oxygens (including phenoxy) is 2. The van der Waals surface area contributed by atoms with Gasteiger partial charge in [-0.05, 0) is 24.3 Å². The van der Waals surface area contributed by atoms with Crippen LogP contribution in [0.15, 0.2) is 48.5 Å². The predicted molar refractivity (Wildman–Crippen MR) is 112 cm³/mol. The summed E-state index contributed by atoms with van der Waals surface area (Å²) in [6.07, 6.45) is -2.01. The number of aliphatic hydroxyl groups excluding tert-OH is 1. The van der Waals surface area contributed by atoms with E-state index in [9.17, 15) is 34.5 Å². The number of rotatable bonds is 10. The molecule has 33 heavy (non-hydrogen) atoms. The molecule has 3 N–H and O–H groups in total. The summed E-state index contributed by atoms with van der Waals surface area (Å²) in [7, 11) is 0. The maximum atomic E-state index is 12.6. The molecule has 0 heterocycles. The van der Waals surface area contributed by atoms with Gasteiger partial charge in [-0.3, -0.25) is 4.79 Å². The molecule has 0 radical (unpaired) electrons. The molecule has 2 rings (SSSR count). The van der Waals surface area contributed by atoms with Gasteiger partial charge in [-0.25, -0.2) is 9.59 Å². The molecule has 2 aromatic carbocycles. The number of carboxylic acids is 1.